The van der Waals surface area contributed by atoms with Crippen LogP contribution in [0.3, 0.4) is 0 Å². The lowest BCUT2D eigenvalue weighted by Gasteiger charge is -2.35. The molecule has 1 unspecified atom stereocenters. The predicted octanol–water partition coefficient (Wildman–Crippen LogP) is 3.50. The highest BCUT2D eigenvalue weighted by molar-refractivity contribution is 6.62. The average Bonchev–Trinajstić information content (AvgIpc) is 2.67. The van der Waals surface area contributed by atoms with Crippen molar-refractivity contribution in [3.63, 3.8) is 0 Å². The van der Waals surface area contributed by atoms with Gasteiger partial charge in [0.05, 0.1) is 11.2 Å². The fraction of sp³-hybridized carbons (Fsp3) is 0.667. The van der Waals surface area contributed by atoms with Gasteiger partial charge in [0.2, 0.25) is 0 Å². The van der Waals surface area contributed by atoms with Crippen molar-refractivity contribution in [1.29, 1.82) is 0 Å². The van der Waals surface area contributed by atoms with Crippen molar-refractivity contribution in [3.8, 4) is 0 Å². The van der Waals surface area contributed by atoms with Crippen LogP contribution in [0.4, 0.5) is 10.1 Å². The SMILES string of the molecule is CC1CCCCN1c1cc(F)cc(B2OC(C)(C)C(C)(C)O2)c1. The summed E-state index contributed by atoms with van der Waals surface area (Å²) in [5, 5.41) is 0. The van der Waals surface area contributed by atoms with E-state index in [-0.39, 0.29) is 5.82 Å². The van der Waals surface area contributed by atoms with Crippen LogP contribution in [-0.4, -0.2) is 30.9 Å². The van der Waals surface area contributed by atoms with Crippen LogP contribution < -0.4 is 10.4 Å². The van der Waals surface area contributed by atoms with Gasteiger partial charge in [0.15, 0.2) is 0 Å². The highest BCUT2D eigenvalue weighted by Gasteiger charge is 2.51. The van der Waals surface area contributed by atoms with Crippen molar-refractivity contribution in [2.75, 3.05) is 11.4 Å². The van der Waals surface area contributed by atoms with Crippen molar-refractivity contribution in [2.24, 2.45) is 0 Å². The second kappa shape index (κ2) is 5.78. The van der Waals surface area contributed by atoms with E-state index in [0.717, 1.165) is 30.5 Å². The number of piperidine rings is 1. The van der Waals surface area contributed by atoms with E-state index in [4.69, 9.17) is 9.31 Å². The van der Waals surface area contributed by atoms with Crippen LogP contribution in [-0.2, 0) is 9.31 Å². The van der Waals surface area contributed by atoms with E-state index in [0.29, 0.717) is 6.04 Å². The lowest BCUT2D eigenvalue weighted by Crippen LogP contribution is -2.41. The normalized spacial score (nSPS) is 26.6. The third-order valence-electron chi connectivity index (χ3n) is 5.56. The molecule has 23 heavy (non-hydrogen) atoms. The van der Waals surface area contributed by atoms with Gasteiger partial charge < -0.3 is 14.2 Å². The Balaban J connectivity index is 1.90. The number of benzene rings is 1. The van der Waals surface area contributed by atoms with Crippen LogP contribution in [0.1, 0.15) is 53.9 Å². The van der Waals surface area contributed by atoms with Gasteiger partial charge in [-0.2, -0.15) is 0 Å². The summed E-state index contributed by atoms with van der Waals surface area (Å²) in [6.45, 7) is 11.2. The summed E-state index contributed by atoms with van der Waals surface area (Å²) < 4.78 is 26.3. The fourth-order valence-electron chi connectivity index (χ4n) is 3.36. The monoisotopic (exact) mass is 319 g/mol. The Morgan fingerprint density at radius 1 is 1.09 bits per heavy atom. The Kier molecular flexibility index (Phi) is 4.22. The Morgan fingerprint density at radius 3 is 2.35 bits per heavy atom. The zero-order valence-electron chi connectivity index (χ0n) is 14.9. The molecule has 5 heteroatoms. The smallest absolute Gasteiger partial charge is 0.399 e. The van der Waals surface area contributed by atoms with Crippen molar-refractivity contribution in [1.82, 2.24) is 0 Å². The summed E-state index contributed by atoms with van der Waals surface area (Å²) in [5.41, 5.74) is 0.865. The highest BCUT2D eigenvalue weighted by Crippen LogP contribution is 2.37. The molecule has 0 saturated carbocycles. The third-order valence-corrected chi connectivity index (χ3v) is 5.56. The summed E-state index contributed by atoms with van der Waals surface area (Å²) in [4.78, 5) is 2.29. The first-order chi connectivity index (χ1) is 10.7. The molecule has 2 fully saturated rings. The summed E-state index contributed by atoms with van der Waals surface area (Å²) >= 11 is 0. The molecule has 0 aromatic heterocycles. The standard InChI is InChI=1S/C18H27BFNO2/c1-13-8-6-7-9-21(13)16-11-14(10-15(20)12-16)19-22-17(2,3)18(4,5)23-19/h10-13H,6-9H2,1-5H3. The zero-order valence-corrected chi connectivity index (χ0v) is 14.9. The molecule has 2 saturated heterocycles. The van der Waals surface area contributed by atoms with Crippen LogP contribution in [0.5, 0.6) is 0 Å². The van der Waals surface area contributed by atoms with Gasteiger partial charge in [0, 0.05) is 18.3 Å². The maximum Gasteiger partial charge on any atom is 0.495 e. The van der Waals surface area contributed by atoms with Crippen molar-refractivity contribution in [2.45, 2.75) is 71.1 Å². The van der Waals surface area contributed by atoms with Gasteiger partial charge in [-0.15, -0.1) is 0 Å². The highest BCUT2D eigenvalue weighted by atomic mass is 19.1. The maximum atomic E-state index is 14.2. The van der Waals surface area contributed by atoms with Crippen LogP contribution in [0, 0.1) is 5.82 Å². The zero-order chi connectivity index (χ0) is 16.8. The first-order valence-corrected chi connectivity index (χ1v) is 8.62. The van der Waals surface area contributed by atoms with Crippen LogP contribution in [0.2, 0.25) is 0 Å². The van der Waals surface area contributed by atoms with Gasteiger partial charge in [-0.25, -0.2) is 4.39 Å². The Morgan fingerprint density at radius 2 is 1.74 bits per heavy atom. The second-order valence-electron chi connectivity index (χ2n) is 7.87. The first-order valence-electron chi connectivity index (χ1n) is 8.62. The molecule has 3 rings (SSSR count). The van der Waals surface area contributed by atoms with E-state index in [1.807, 2.05) is 33.8 Å². The predicted molar refractivity (Wildman–Crippen MR) is 92.8 cm³/mol. The molecule has 2 aliphatic heterocycles. The van der Waals surface area contributed by atoms with E-state index in [2.05, 4.69) is 11.8 Å². The summed E-state index contributed by atoms with van der Waals surface area (Å²) in [5.74, 6) is -0.231. The van der Waals surface area contributed by atoms with Gasteiger partial charge >= 0.3 is 7.12 Å². The topological polar surface area (TPSA) is 21.7 Å². The van der Waals surface area contributed by atoms with Crippen molar-refractivity contribution >= 4 is 18.3 Å². The summed E-state index contributed by atoms with van der Waals surface area (Å²) in [6, 6.07) is 5.61. The fourth-order valence-corrected chi connectivity index (χ4v) is 3.36. The molecule has 0 N–H and O–H groups in total. The summed E-state index contributed by atoms with van der Waals surface area (Å²) in [7, 11) is -0.519. The lowest BCUT2D eigenvalue weighted by molar-refractivity contribution is 0.00578. The Bertz CT molecular complexity index is 574. The molecule has 0 spiro atoms. The van der Waals surface area contributed by atoms with Gasteiger partial charge in [0.25, 0.3) is 0 Å². The molecule has 1 atom stereocenters. The number of rotatable bonds is 2. The van der Waals surface area contributed by atoms with Gasteiger partial charge in [-0.05, 0) is 77.5 Å². The van der Waals surface area contributed by atoms with E-state index < -0.39 is 18.3 Å². The molecule has 0 aliphatic carbocycles. The molecule has 2 aliphatic rings. The minimum atomic E-state index is -0.519. The summed E-state index contributed by atoms with van der Waals surface area (Å²) in [6.07, 6.45) is 3.56. The molecular weight excluding hydrogens is 292 g/mol. The first kappa shape index (κ1) is 16.8. The molecule has 1 aromatic carbocycles. The second-order valence-corrected chi connectivity index (χ2v) is 7.87. The number of nitrogens with zero attached hydrogens (tertiary/aromatic N) is 1. The lowest BCUT2D eigenvalue weighted by atomic mass is 9.78. The molecule has 0 amide bonds. The third kappa shape index (κ3) is 3.13. The van der Waals surface area contributed by atoms with E-state index in [1.54, 1.807) is 6.07 Å². The molecule has 0 radical (unpaired) electrons. The molecule has 126 valence electrons. The van der Waals surface area contributed by atoms with Crippen LogP contribution in [0.25, 0.3) is 0 Å². The number of halogens is 1. The van der Waals surface area contributed by atoms with E-state index in [9.17, 15) is 4.39 Å². The van der Waals surface area contributed by atoms with Crippen LogP contribution in [0.15, 0.2) is 18.2 Å². The molecule has 1 aromatic rings. The van der Waals surface area contributed by atoms with Crippen LogP contribution >= 0.6 is 0 Å². The molecule has 2 heterocycles. The minimum absolute atomic E-state index is 0.231. The quantitative estimate of drug-likeness (QED) is 0.779. The average molecular weight is 319 g/mol. The van der Waals surface area contributed by atoms with Gasteiger partial charge in [-0.3, -0.25) is 0 Å². The van der Waals surface area contributed by atoms with Gasteiger partial charge in [-0.1, -0.05) is 0 Å². The molecule has 0 bridgehead atoms. The Hall–Kier alpha value is -1.07. The van der Waals surface area contributed by atoms with Crippen molar-refractivity contribution in [3.05, 3.63) is 24.0 Å². The van der Waals surface area contributed by atoms with E-state index in [1.165, 1.54) is 12.5 Å². The van der Waals surface area contributed by atoms with E-state index >= 15 is 0 Å². The largest absolute Gasteiger partial charge is 0.495 e. The molecular formula is C18H27BFNO2. The minimum Gasteiger partial charge on any atom is -0.399 e. The molecule has 3 nitrogen and oxygen atoms in total. The number of anilines is 1. The number of hydrogen-bond donors (Lipinski definition) is 0. The van der Waals surface area contributed by atoms with Crippen molar-refractivity contribution < 1.29 is 13.7 Å². The Labute approximate surface area is 139 Å². The van der Waals surface area contributed by atoms with Gasteiger partial charge in [0.1, 0.15) is 5.82 Å². The number of hydrogen-bond acceptors (Lipinski definition) is 3. The maximum absolute atomic E-state index is 14.2.